The fourth-order valence-corrected chi connectivity index (χ4v) is 1.65. The Hall–Kier alpha value is -2.94. The zero-order valence-electron chi connectivity index (χ0n) is 10.5. The summed E-state index contributed by atoms with van der Waals surface area (Å²) in [6.07, 6.45) is 0. The van der Waals surface area contributed by atoms with Crippen molar-refractivity contribution in [2.24, 2.45) is 0 Å². The average Bonchev–Trinajstić information content (AvgIpc) is 2.42. The molecule has 0 radical (unpaired) electrons. The van der Waals surface area contributed by atoms with Gasteiger partial charge in [-0.15, -0.1) is 0 Å². The topological polar surface area (TPSA) is 76.2 Å². The molecule has 0 atom stereocenters. The van der Waals surface area contributed by atoms with Crippen molar-refractivity contribution in [3.63, 3.8) is 0 Å². The van der Waals surface area contributed by atoms with Gasteiger partial charge in [-0.1, -0.05) is 0 Å². The monoisotopic (exact) mass is 272 g/mol. The van der Waals surface area contributed by atoms with Gasteiger partial charge in [-0.05, 0) is 36.8 Å². The molecule has 2 rings (SSSR count). The van der Waals surface area contributed by atoms with Gasteiger partial charge in [-0.3, -0.25) is 10.1 Å². The van der Waals surface area contributed by atoms with Crippen LogP contribution in [0.2, 0.25) is 0 Å². The van der Waals surface area contributed by atoms with E-state index in [4.69, 9.17) is 10.00 Å². The first-order chi connectivity index (χ1) is 9.51. The number of hydrogen-bond acceptors (Lipinski definition) is 4. The minimum Gasteiger partial charge on any atom is -0.456 e. The number of nitriles is 1. The molecule has 0 aromatic heterocycles. The molecule has 0 aliphatic heterocycles. The number of aryl methyl sites for hydroxylation is 1. The first-order valence-corrected chi connectivity index (χ1v) is 5.64. The minimum absolute atomic E-state index is 0.0444. The van der Waals surface area contributed by atoms with Crippen LogP contribution in [-0.4, -0.2) is 4.92 Å². The van der Waals surface area contributed by atoms with Crippen LogP contribution >= 0.6 is 0 Å². The molecule has 0 unspecified atom stereocenters. The van der Waals surface area contributed by atoms with Crippen molar-refractivity contribution in [1.29, 1.82) is 5.26 Å². The maximum absolute atomic E-state index is 13.0. The molecule has 2 aromatic rings. The van der Waals surface area contributed by atoms with Crippen LogP contribution in [0.25, 0.3) is 0 Å². The summed E-state index contributed by atoms with van der Waals surface area (Å²) in [7, 11) is 0. The quantitative estimate of drug-likeness (QED) is 0.630. The Kier molecular flexibility index (Phi) is 3.62. The number of rotatable bonds is 3. The zero-order chi connectivity index (χ0) is 14.7. The summed E-state index contributed by atoms with van der Waals surface area (Å²) in [5, 5.41) is 19.6. The highest BCUT2D eigenvalue weighted by atomic mass is 19.1. The second-order valence-electron chi connectivity index (χ2n) is 4.06. The minimum atomic E-state index is -0.590. The third kappa shape index (κ3) is 2.72. The fraction of sp³-hybridized carbons (Fsp3) is 0.0714. The first-order valence-electron chi connectivity index (χ1n) is 5.64. The Bertz CT molecular complexity index is 723. The number of hydrogen-bond donors (Lipinski definition) is 0. The number of nitrogens with zero attached hydrogens (tertiary/aromatic N) is 2. The van der Waals surface area contributed by atoms with Gasteiger partial charge < -0.3 is 4.74 Å². The van der Waals surface area contributed by atoms with Crippen LogP contribution in [-0.2, 0) is 0 Å². The van der Waals surface area contributed by atoms with Crippen molar-refractivity contribution >= 4 is 5.69 Å². The first kappa shape index (κ1) is 13.5. The summed E-state index contributed by atoms with van der Waals surface area (Å²) in [6.45, 7) is 1.66. The van der Waals surface area contributed by atoms with Crippen LogP contribution in [0, 0.1) is 34.2 Å². The summed E-state index contributed by atoms with van der Waals surface area (Å²) in [5.41, 5.74) is 0.417. The van der Waals surface area contributed by atoms with E-state index in [1.165, 1.54) is 30.3 Å². The normalized spacial score (nSPS) is 9.85. The maximum atomic E-state index is 13.0. The van der Waals surface area contributed by atoms with Gasteiger partial charge >= 0.3 is 0 Å². The van der Waals surface area contributed by atoms with Gasteiger partial charge in [0, 0.05) is 12.1 Å². The molecule has 6 heteroatoms. The lowest BCUT2D eigenvalue weighted by Gasteiger charge is -2.09. The smallest absolute Gasteiger partial charge is 0.271 e. The standard InChI is InChI=1S/C14H9FN2O3/c1-9-6-11(15)2-4-13(9)20-14-5-3-12(17(18)19)7-10(14)8-16/h2-7H,1H3. The number of nitro benzene ring substituents is 1. The molecule has 0 N–H and O–H groups in total. The Morgan fingerprint density at radius 3 is 2.55 bits per heavy atom. The second kappa shape index (κ2) is 5.36. The highest BCUT2D eigenvalue weighted by Crippen LogP contribution is 2.30. The Labute approximate surface area is 114 Å². The van der Waals surface area contributed by atoms with Crippen molar-refractivity contribution in [1.82, 2.24) is 0 Å². The van der Waals surface area contributed by atoms with Crippen molar-refractivity contribution in [3.05, 3.63) is 63.5 Å². The Morgan fingerprint density at radius 1 is 1.25 bits per heavy atom. The summed E-state index contributed by atoms with van der Waals surface area (Å²) >= 11 is 0. The molecule has 0 aliphatic rings. The van der Waals surface area contributed by atoms with Crippen molar-refractivity contribution in [2.45, 2.75) is 6.92 Å². The van der Waals surface area contributed by atoms with E-state index >= 15 is 0 Å². The highest BCUT2D eigenvalue weighted by Gasteiger charge is 2.13. The highest BCUT2D eigenvalue weighted by molar-refractivity contribution is 5.52. The number of ether oxygens (including phenoxy) is 1. The van der Waals surface area contributed by atoms with E-state index in [1.807, 2.05) is 6.07 Å². The van der Waals surface area contributed by atoms with Crippen LogP contribution in [0.3, 0.4) is 0 Å². The molecular weight excluding hydrogens is 263 g/mol. The van der Waals surface area contributed by atoms with Crippen LogP contribution in [0.15, 0.2) is 36.4 Å². The largest absolute Gasteiger partial charge is 0.456 e. The molecule has 100 valence electrons. The molecule has 0 fully saturated rings. The lowest BCUT2D eigenvalue weighted by molar-refractivity contribution is -0.384. The van der Waals surface area contributed by atoms with E-state index < -0.39 is 4.92 Å². The Balaban J connectivity index is 2.39. The number of nitro groups is 1. The summed E-state index contributed by atoms with van der Waals surface area (Å²) in [5.74, 6) is 0.184. The molecule has 0 aliphatic carbocycles. The number of benzene rings is 2. The molecule has 0 saturated carbocycles. The molecule has 5 nitrogen and oxygen atoms in total. The third-order valence-corrected chi connectivity index (χ3v) is 2.65. The van der Waals surface area contributed by atoms with E-state index in [9.17, 15) is 14.5 Å². The van der Waals surface area contributed by atoms with Crippen molar-refractivity contribution in [2.75, 3.05) is 0 Å². The predicted octanol–water partition coefficient (Wildman–Crippen LogP) is 3.71. The zero-order valence-corrected chi connectivity index (χ0v) is 10.5. The lowest BCUT2D eigenvalue weighted by Crippen LogP contribution is -1.94. The van der Waals surface area contributed by atoms with Gasteiger partial charge in [0.05, 0.1) is 4.92 Å². The molecule has 0 heterocycles. The molecule has 0 bridgehead atoms. The molecule has 0 spiro atoms. The van der Waals surface area contributed by atoms with Crippen LogP contribution in [0.4, 0.5) is 10.1 Å². The van der Waals surface area contributed by atoms with Crippen molar-refractivity contribution < 1.29 is 14.1 Å². The van der Waals surface area contributed by atoms with Gasteiger partial charge in [0.15, 0.2) is 0 Å². The number of halogens is 1. The number of non-ortho nitro benzene ring substituents is 1. The summed E-state index contributed by atoms with van der Waals surface area (Å²) in [6, 6.07) is 9.54. The predicted molar refractivity (Wildman–Crippen MR) is 69.0 cm³/mol. The lowest BCUT2D eigenvalue weighted by atomic mass is 10.2. The third-order valence-electron chi connectivity index (χ3n) is 2.65. The van der Waals surface area contributed by atoms with E-state index in [-0.39, 0.29) is 22.8 Å². The van der Waals surface area contributed by atoms with Gasteiger partial charge in [0.25, 0.3) is 5.69 Å². The molecule has 0 amide bonds. The van der Waals surface area contributed by atoms with Gasteiger partial charge in [0.1, 0.15) is 28.9 Å². The van der Waals surface area contributed by atoms with Crippen LogP contribution < -0.4 is 4.74 Å². The van der Waals surface area contributed by atoms with Crippen LogP contribution in [0.5, 0.6) is 11.5 Å². The van der Waals surface area contributed by atoms with E-state index in [1.54, 1.807) is 6.92 Å². The van der Waals surface area contributed by atoms with Crippen molar-refractivity contribution in [3.8, 4) is 17.6 Å². The second-order valence-corrected chi connectivity index (χ2v) is 4.06. The van der Waals surface area contributed by atoms with E-state index in [2.05, 4.69) is 0 Å². The molecular formula is C14H9FN2O3. The van der Waals surface area contributed by atoms with Gasteiger partial charge in [-0.2, -0.15) is 5.26 Å². The van der Waals surface area contributed by atoms with Crippen LogP contribution in [0.1, 0.15) is 11.1 Å². The van der Waals surface area contributed by atoms with Gasteiger partial charge in [-0.25, -0.2) is 4.39 Å². The SMILES string of the molecule is Cc1cc(F)ccc1Oc1ccc([N+](=O)[O-])cc1C#N. The molecule has 2 aromatic carbocycles. The molecule has 0 saturated heterocycles. The maximum Gasteiger partial charge on any atom is 0.271 e. The summed E-state index contributed by atoms with van der Waals surface area (Å²) in [4.78, 5) is 10.1. The van der Waals surface area contributed by atoms with E-state index in [0.717, 1.165) is 6.07 Å². The Morgan fingerprint density at radius 2 is 1.95 bits per heavy atom. The summed E-state index contributed by atoms with van der Waals surface area (Å²) < 4.78 is 18.5. The molecule has 20 heavy (non-hydrogen) atoms. The average molecular weight is 272 g/mol. The van der Waals surface area contributed by atoms with Gasteiger partial charge in [0.2, 0.25) is 0 Å². The fourth-order valence-electron chi connectivity index (χ4n) is 1.65. The van der Waals surface area contributed by atoms with E-state index in [0.29, 0.717) is 11.3 Å².